The number of hydrogen-bond acceptors (Lipinski definition) is 3. The van der Waals surface area contributed by atoms with Crippen molar-refractivity contribution < 1.29 is 0 Å². The summed E-state index contributed by atoms with van der Waals surface area (Å²) in [5.74, 6) is 0. The minimum absolute atomic E-state index is 0.616. The smallest absolute Gasteiger partial charge is 0.124 e. The van der Waals surface area contributed by atoms with Crippen LogP contribution in [0.25, 0.3) is 26.9 Å². The molecule has 1 aromatic heterocycles. The summed E-state index contributed by atoms with van der Waals surface area (Å²) in [4.78, 5) is 9.21. The van der Waals surface area contributed by atoms with E-state index < -0.39 is 0 Å². The molecule has 2 nitrogen and oxygen atoms in total. The van der Waals surface area contributed by atoms with E-state index in [2.05, 4.69) is 17.1 Å². The van der Waals surface area contributed by atoms with Gasteiger partial charge in [0.15, 0.2) is 0 Å². The molecule has 27 heavy (non-hydrogen) atoms. The molecule has 0 spiro atoms. The highest BCUT2D eigenvalue weighted by molar-refractivity contribution is 7.21. The van der Waals surface area contributed by atoms with E-state index in [-0.39, 0.29) is 0 Å². The Balaban J connectivity index is 1.53. The van der Waals surface area contributed by atoms with Gasteiger partial charge in [-0.3, -0.25) is 4.99 Å². The molecule has 0 atom stereocenters. The molecular weight excluding hydrogens is 395 g/mol. The van der Waals surface area contributed by atoms with Gasteiger partial charge in [-0.05, 0) is 48.0 Å². The Morgan fingerprint density at radius 3 is 2.67 bits per heavy atom. The molecule has 0 N–H and O–H groups in total. The fraction of sp³-hybridized carbons (Fsp3) is 0. The molecule has 0 saturated carbocycles. The Bertz CT molecular complexity index is 1130. The van der Waals surface area contributed by atoms with E-state index in [1.54, 1.807) is 23.6 Å². The second kappa shape index (κ2) is 8.05. The van der Waals surface area contributed by atoms with Gasteiger partial charge in [0.25, 0.3) is 0 Å². The molecule has 3 aromatic carbocycles. The number of hydrogen-bond donors (Lipinski definition) is 0. The van der Waals surface area contributed by atoms with E-state index in [1.165, 1.54) is 4.70 Å². The monoisotopic (exact) mass is 408 g/mol. The largest absolute Gasteiger partial charge is 0.257 e. The number of halogens is 2. The molecule has 0 fully saturated rings. The van der Waals surface area contributed by atoms with E-state index in [0.29, 0.717) is 10.0 Å². The van der Waals surface area contributed by atoms with Crippen molar-refractivity contribution in [2.45, 2.75) is 0 Å². The zero-order chi connectivity index (χ0) is 18.6. The standard InChI is InChI=1S/C22H14Cl2N2S/c23-17-11-10-15(19(24)14-17)6-4-12-25-18-7-3-5-16(13-18)22-26-20-8-1-2-9-21(20)27-22/h1-14H. The molecule has 0 aliphatic rings. The molecule has 0 saturated heterocycles. The van der Waals surface area contributed by atoms with Gasteiger partial charge in [-0.2, -0.15) is 0 Å². The molecule has 0 amide bonds. The SMILES string of the molecule is Clc1ccc(C=CC=Nc2cccc(-c3nc4ccccc4s3)c2)c(Cl)c1. The number of allylic oxidation sites excluding steroid dienone is 1. The number of para-hydroxylation sites is 1. The first kappa shape index (κ1) is 17.9. The zero-order valence-corrected chi connectivity index (χ0v) is 16.5. The number of aliphatic imine (C=N–C) groups is 1. The molecule has 5 heteroatoms. The summed E-state index contributed by atoms with van der Waals surface area (Å²) >= 11 is 13.8. The third-order valence-electron chi connectivity index (χ3n) is 3.93. The maximum Gasteiger partial charge on any atom is 0.124 e. The quantitative estimate of drug-likeness (QED) is 0.317. The van der Waals surface area contributed by atoms with Gasteiger partial charge in [-0.1, -0.05) is 59.6 Å². The Labute approximate surface area is 171 Å². The van der Waals surface area contributed by atoms with E-state index in [9.17, 15) is 0 Å². The fourth-order valence-electron chi connectivity index (χ4n) is 2.63. The minimum atomic E-state index is 0.616. The van der Waals surface area contributed by atoms with Crippen LogP contribution in [0.3, 0.4) is 0 Å². The lowest BCUT2D eigenvalue weighted by Crippen LogP contribution is -1.77. The molecular formula is C22H14Cl2N2S. The van der Waals surface area contributed by atoms with Gasteiger partial charge in [0.05, 0.1) is 15.9 Å². The third kappa shape index (κ3) is 4.28. The third-order valence-corrected chi connectivity index (χ3v) is 5.58. The zero-order valence-electron chi connectivity index (χ0n) is 14.1. The molecule has 0 aliphatic carbocycles. The highest BCUT2D eigenvalue weighted by atomic mass is 35.5. The normalized spacial score (nSPS) is 11.8. The van der Waals surface area contributed by atoms with Gasteiger partial charge >= 0.3 is 0 Å². The summed E-state index contributed by atoms with van der Waals surface area (Å²) in [6, 6.07) is 21.6. The summed E-state index contributed by atoms with van der Waals surface area (Å²) in [6.07, 6.45) is 5.52. The molecule has 0 aliphatic heterocycles. The number of nitrogens with zero attached hydrogens (tertiary/aromatic N) is 2. The number of aromatic nitrogens is 1. The molecule has 0 unspecified atom stereocenters. The first-order chi connectivity index (χ1) is 13.2. The van der Waals surface area contributed by atoms with Crippen LogP contribution in [-0.4, -0.2) is 11.2 Å². The second-order valence-electron chi connectivity index (χ2n) is 5.84. The predicted molar refractivity (Wildman–Crippen MR) is 119 cm³/mol. The van der Waals surface area contributed by atoms with Crippen molar-refractivity contribution in [3.05, 3.63) is 88.4 Å². The van der Waals surface area contributed by atoms with Crippen LogP contribution in [0.4, 0.5) is 5.69 Å². The summed E-state index contributed by atoms with van der Waals surface area (Å²) in [5, 5.41) is 2.24. The Hall–Kier alpha value is -2.46. The molecule has 0 bridgehead atoms. The second-order valence-corrected chi connectivity index (χ2v) is 7.71. The van der Waals surface area contributed by atoms with Gasteiger partial charge in [-0.15, -0.1) is 11.3 Å². The summed E-state index contributed by atoms with van der Waals surface area (Å²) in [7, 11) is 0. The lowest BCUT2D eigenvalue weighted by molar-refractivity contribution is 1.46. The molecule has 0 radical (unpaired) electrons. The van der Waals surface area contributed by atoms with Gasteiger partial charge in [0, 0.05) is 21.8 Å². The van der Waals surface area contributed by atoms with Crippen molar-refractivity contribution in [3.8, 4) is 10.6 Å². The lowest BCUT2D eigenvalue weighted by atomic mass is 10.2. The maximum absolute atomic E-state index is 6.16. The predicted octanol–water partition coefficient (Wildman–Crippen LogP) is 7.69. The first-order valence-corrected chi connectivity index (χ1v) is 9.88. The fourth-order valence-corrected chi connectivity index (χ4v) is 4.06. The molecule has 1 heterocycles. The van der Waals surface area contributed by atoms with Crippen LogP contribution in [0, 0.1) is 0 Å². The van der Waals surface area contributed by atoms with Gasteiger partial charge < -0.3 is 0 Å². The van der Waals surface area contributed by atoms with Gasteiger partial charge in [-0.25, -0.2) is 4.98 Å². The van der Waals surface area contributed by atoms with Crippen LogP contribution < -0.4 is 0 Å². The van der Waals surface area contributed by atoms with Gasteiger partial charge in [0.2, 0.25) is 0 Å². The van der Waals surface area contributed by atoms with Crippen LogP contribution in [0.5, 0.6) is 0 Å². The highest BCUT2D eigenvalue weighted by Gasteiger charge is 2.06. The van der Waals surface area contributed by atoms with Crippen LogP contribution in [0.15, 0.2) is 77.8 Å². The minimum Gasteiger partial charge on any atom is -0.257 e. The van der Waals surface area contributed by atoms with Crippen LogP contribution in [0.2, 0.25) is 10.0 Å². The van der Waals surface area contributed by atoms with Gasteiger partial charge in [0.1, 0.15) is 5.01 Å². The molecule has 132 valence electrons. The topological polar surface area (TPSA) is 25.2 Å². The average Bonchev–Trinajstić information content (AvgIpc) is 3.11. The van der Waals surface area contributed by atoms with E-state index in [1.807, 2.05) is 60.7 Å². The van der Waals surface area contributed by atoms with Crippen molar-refractivity contribution in [3.63, 3.8) is 0 Å². The Morgan fingerprint density at radius 1 is 0.926 bits per heavy atom. The van der Waals surface area contributed by atoms with Crippen molar-refractivity contribution >= 4 is 62.7 Å². The van der Waals surface area contributed by atoms with E-state index >= 15 is 0 Å². The van der Waals surface area contributed by atoms with E-state index in [4.69, 9.17) is 28.2 Å². The molecule has 4 rings (SSSR count). The average molecular weight is 409 g/mol. The van der Waals surface area contributed by atoms with Crippen molar-refractivity contribution in [2.24, 2.45) is 4.99 Å². The van der Waals surface area contributed by atoms with Crippen molar-refractivity contribution in [2.75, 3.05) is 0 Å². The van der Waals surface area contributed by atoms with Crippen LogP contribution in [-0.2, 0) is 0 Å². The number of thiazole rings is 1. The number of rotatable bonds is 4. The molecule has 4 aromatic rings. The maximum atomic E-state index is 6.16. The first-order valence-electron chi connectivity index (χ1n) is 8.31. The van der Waals surface area contributed by atoms with E-state index in [0.717, 1.165) is 27.3 Å². The van der Waals surface area contributed by atoms with Crippen molar-refractivity contribution in [1.82, 2.24) is 4.98 Å². The summed E-state index contributed by atoms with van der Waals surface area (Å²) in [6.45, 7) is 0. The Kier molecular flexibility index (Phi) is 5.35. The summed E-state index contributed by atoms with van der Waals surface area (Å²) in [5.41, 5.74) is 3.86. The van der Waals surface area contributed by atoms with Crippen LogP contribution >= 0.6 is 34.5 Å². The number of benzene rings is 3. The lowest BCUT2D eigenvalue weighted by Gasteiger charge is -1.98. The Morgan fingerprint density at radius 2 is 1.81 bits per heavy atom. The number of fused-ring (bicyclic) bond motifs is 1. The summed E-state index contributed by atoms with van der Waals surface area (Å²) < 4.78 is 1.18. The van der Waals surface area contributed by atoms with Crippen molar-refractivity contribution in [1.29, 1.82) is 0 Å². The van der Waals surface area contributed by atoms with Crippen LogP contribution in [0.1, 0.15) is 5.56 Å². The highest BCUT2D eigenvalue weighted by Crippen LogP contribution is 2.31.